The molecule has 1 aromatic heterocycles. The highest BCUT2D eigenvalue weighted by molar-refractivity contribution is 7.89. The summed E-state index contributed by atoms with van der Waals surface area (Å²) in [5, 5.41) is -0.201. The molecule has 10 heteroatoms. The van der Waals surface area contributed by atoms with E-state index in [0.717, 1.165) is 12.1 Å². The van der Waals surface area contributed by atoms with Crippen molar-refractivity contribution in [2.75, 3.05) is 20.6 Å². The van der Waals surface area contributed by atoms with Gasteiger partial charge in [-0.15, -0.1) is 0 Å². The van der Waals surface area contributed by atoms with Gasteiger partial charge in [-0.3, -0.25) is 4.90 Å². The Morgan fingerprint density at radius 2 is 1.96 bits per heavy atom. The second kappa shape index (κ2) is 7.36. The van der Waals surface area contributed by atoms with Crippen LogP contribution in [0.4, 0.5) is 13.2 Å². The minimum absolute atomic E-state index is 0.164. The lowest BCUT2D eigenvalue weighted by Gasteiger charge is -2.23. The Morgan fingerprint density at radius 3 is 2.48 bits per heavy atom. The van der Waals surface area contributed by atoms with Crippen molar-refractivity contribution in [3.63, 3.8) is 0 Å². The van der Waals surface area contributed by atoms with E-state index >= 15 is 0 Å². The highest BCUT2D eigenvalue weighted by atomic mass is 35.5. The summed E-state index contributed by atoms with van der Waals surface area (Å²) in [5.74, 6) is 0.486. The van der Waals surface area contributed by atoms with E-state index in [2.05, 4.69) is 4.72 Å². The smallest absolute Gasteiger partial charge is 0.417 e. The molecule has 2 rings (SSSR count). The predicted octanol–water partition coefficient (Wildman–Crippen LogP) is 3.53. The Balaban J connectivity index is 2.31. The van der Waals surface area contributed by atoms with Crippen LogP contribution >= 0.6 is 11.6 Å². The van der Waals surface area contributed by atoms with Crippen molar-refractivity contribution in [3.8, 4) is 0 Å². The fraction of sp³-hybridized carbons (Fsp3) is 0.333. The minimum Gasteiger partial charge on any atom is -0.468 e. The van der Waals surface area contributed by atoms with Gasteiger partial charge in [-0.1, -0.05) is 11.6 Å². The lowest BCUT2D eigenvalue weighted by Crippen LogP contribution is -2.35. The largest absolute Gasteiger partial charge is 0.468 e. The Bertz CT molecular complexity index is 821. The summed E-state index contributed by atoms with van der Waals surface area (Å²) >= 11 is 5.58. The Kier molecular flexibility index (Phi) is 5.82. The zero-order valence-electron chi connectivity index (χ0n) is 13.3. The van der Waals surface area contributed by atoms with E-state index in [1.807, 2.05) is 0 Å². The van der Waals surface area contributed by atoms with Gasteiger partial charge in [0.25, 0.3) is 0 Å². The molecule has 0 amide bonds. The molecule has 0 radical (unpaired) electrons. The highest BCUT2D eigenvalue weighted by Gasteiger charge is 2.37. The number of nitrogens with one attached hydrogen (secondary N) is 1. The summed E-state index contributed by atoms with van der Waals surface area (Å²) in [6.45, 7) is -0.164. The van der Waals surface area contributed by atoms with E-state index < -0.39 is 32.7 Å². The summed E-state index contributed by atoms with van der Waals surface area (Å²) < 4.78 is 71.7. The maximum atomic E-state index is 13.1. The van der Waals surface area contributed by atoms with Gasteiger partial charge < -0.3 is 4.42 Å². The zero-order chi connectivity index (χ0) is 18.8. The number of hydrogen-bond acceptors (Lipinski definition) is 4. The van der Waals surface area contributed by atoms with Crippen molar-refractivity contribution in [3.05, 3.63) is 52.9 Å². The Morgan fingerprint density at radius 1 is 1.28 bits per heavy atom. The van der Waals surface area contributed by atoms with E-state index in [1.54, 1.807) is 31.1 Å². The quantitative estimate of drug-likeness (QED) is 0.811. The molecule has 1 atom stereocenters. The van der Waals surface area contributed by atoms with Gasteiger partial charge in [0.15, 0.2) is 0 Å². The molecule has 25 heavy (non-hydrogen) atoms. The van der Waals surface area contributed by atoms with Crippen LogP contribution in [0.1, 0.15) is 17.4 Å². The van der Waals surface area contributed by atoms with Crippen LogP contribution in [0.25, 0.3) is 0 Å². The van der Waals surface area contributed by atoms with Crippen LogP contribution in [0.5, 0.6) is 0 Å². The molecule has 1 unspecified atom stereocenters. The molecule has 0 spiro atoms. The van der Waals surface area contributed by atoms with Crippen LogP contribution in [0.15, 0.2) is 45.9 Å². The standard InChI is InChI=1S/C15H16ClF3N2O3S/c1-21(2)12(13-4-3-7-24-13)9-20-25(22,23)14-6-5-10(16)8-11(14)15(17,18)19/h3-8,12,20H,9H2,1-2H3. The first-order valence-electron chi connectivity index (χ1n) is 7.08. The fourth-order valence-corrected chi connectivity index (χ4v) is 3.66. The monoisotopic (exact) mass is 396 g/mol. The second-order valence-corrected chi connectivity index (χ2v) is 7.66. The van der Waals surface area contributed by atoms with E-state index in [0.29, 0.717) is 11.8 Å². The van der Waals surface area contributed by atoms with Gasteiger partial charge in [-0.25, -0.2) is 13.1 Å². The third kappa shape index (κ3) is 4.75. The number of likely N-dealkylation sites (N-methyl/N-ethyl adjacent to an activating group) is 1. The van der Waals surface area contributed by atoms with Gasteiger partial charge in [0.1, 0.15) is 5.76 Å². The van der Waals surface area contributed by atoms with Gasteiger partial charge in [0, 0.05) is 11.6 Å². The number of benzene rings is 1. The molecule has 0 aliphatic carbocycles. The maximum absolute atomic E-state index is 13.1. The van der Waals surface area contributed by atoms with E-state index in [9.17, 15) is 21.6 Å². The SMILES string of the molecule is CN(C)C(CNS(=O)(=O)c1ccc(Cl)cc1C(F)(F)F)c1ccco1. The molecule has 5 nitrogen and oxygen atoms in total. The van der Waals surface area contributed by atoms with E-state index in [-0.39, 0.29) is 11.6 Å². The molecule has 1 N–H and O–H groups in total. The first-order valence-corrected chi connectivity index (χ1v) is 8.94. The molecule has 1 heterocycles. The molecule has 1 aromatic carbocycles. The Hall–Kier alpha value is -1.55. The van der Waals surface area contributed by atoms with Gasteiger partial charge in [0.2, 0.25) is 10.0 Å². The van der Waals surface area contributed by atoms with Crippen LogP contribution < -0.4 is 4.72 Å². The summed E-state index contributed by atoms with van der Waals surface area (Å²) in [4.78, 5) is 0.815. The Labute approximate surface area is 148 Å². The number of rotatable bonds is 6. The molecule has 0 aliphatic heterocycles. The summed E-state index contributed by atoms with van der Waals surface area (Å²) in [6, 6.07) is 5.34. The molecule has 0 saturated heterocycles. The van der Waals surface area contributed by atoms with Crippen molar-refractivity contribution in [2.45, 2.75) is 17.1 Å². The summed E-state index contributed by atoms with van der Waals surface area (Å²) in [6.07, 6.45) is -3.42. The van der Waals surface area contributed by atoms with E-state index in [1.165, 1.54) is 6.26 Å². The molecular formula is C15H16ClF3N2O3S. The van der Waals surface area contributed by atoms with E-state index in [4.69, 9.17) is 16.0 Å². The zero-order valence-corrected chi connectivity index (χ0v) is 14.9. The summed E-state index contributed by atoms with van der Waals surface area (Å²) in [5.41, 5.74) is -1.31. The van der Waals surface area contributed by atoms with Crippen LogP contribution in [0.3, 0.4) is 0 Å². The predicted molar refractivity (Wildman–Crippen MR) is 86.8 cm³/mol. The minimum atomic E-state index is -4.85. The summed E-state index contributed by atoms with van der Waals surface area (Å²) in [7, 11) is -1.01. The first kappa shape index (κ1) is 19.8. The van der Waals surface area contributed by atoms with Crippen molar-refractivity contribution < 1.29 is 26.0 Å². The fourth-order valence-electron chi connectivity index (χ4n) is 2.24. The van der Waals surface area contributed by atoms with Crippen LogP contribution in [0, 0.1) is 0 Å². The third-order valence-corrected chi connectivity index (χ3v) is 5.22. The van der Waals surface area contributed by atoms with Crippen LogP contribution in [0.2, 0.25) is 5.02 Å². The third-order valence-electron chi connectivity index (χ3n) is 3.50. The molecule has 0 bridgehead atoms. The highest BCUT2D eigenvalue weighted by Crippen LogP contribution is 2.35. The average molecular weight is 397 g/mol. The van der Waals surface area contributed by atoms with Gasteiger partial charge in [0.05, 0.1) is 22.8 Å². The number of furan rings is 1. The number of halogens is 4. The molecule has 0 fully saturated rings. The lowest BCUT2D eigenvalue weighted by molar-refractivity contribution is -0.139. The van der Waals surface area contributed by atoms with Crippen molar-refractivity contribution >= 4 is 21.6 Å². The van der Waals surface area contributed by atoms with Gasteiger partial charge in [-0.2, -0.15) is 13.2 Å². The number of hydrogen-bond donors (Lipinski definition) is 1. The number of nitrogens with zero attached hydrogens (tertiary/aromatic N) is 1. The van der Waals surface area contributed by atoms with Crippen molar-refractivity contribution in [2.24, 2.45) is 0 Å². The van der Waals surface area contributed by atoms with Gasteiger partial charge in [-0.05, 0) is 44.4 Å². The molecule has 2 aromatic rings. The maximum Gasteiger partial charge on any atom is 0.417 e. The normalized spacial score (nSPS) is 14.0. The average Bonchev–Trinajstić information content (AvgIpc) is 2.99. The second-order valence-electron chi connectivity index (χ2n) is 5.48. The number of sulfonamides is 1. The first-order chi connectivity index (χ1) is 11.5. The lowest BCUT2D eigenvalue weighted by atomic mass is 10.2. The van der Waals surface area contributed by atoms with Crippen LogP contribution in [-0.4, -0.2) is 34.0 Å². The molecular weight excluding hydrogens is 381 g/mol. The molecule has 0 saturated carbocycles. The van der Waals surface area contributed by atoms with Gasteiger partial charge >= 0.3 is 6.18 Å². The van der Waals surface area contributed by atoms with Crippen LogP contribution in [-0.2, 0) is 16.2 Å². The van der Waals surface area contributed by atoms with Crippen molar-refractivity contribution in [1.29, 1.82) is 0 Å². The topological polar surface area (TPSA) is 62.6 Å². The molecule has 0 aliphatic rings. The molecule has 138 valence electrons. The number of alkyl halides is 3. The van der Waals surface area contributed by atoms with Crippen molar-refractivity contribution in [1.82, 2.24) is 9.62 Å².